The van der Waals surface area contributed by atoms with Crippen molar-refractivity contribution < 1.29 is 5.11 Å². The fourth-order valence-corrected chi connectivity index (χ4v) is 3.02. The summed E-state index contributed by atoms with van der Waals surface area (Å²) in [7, 11) is 0. The molecule has 0 radical (unpaired) electrons. The number of nitrogens with zero attached hydrogens (tertiary/aromatic N) is 1. The minimum atomic E-state index is 0.366. The highest BCUT2D eigenvalue weighted by atomic mass is 16.3. The van der Waals surface area contributed by atoms with E-state index in [0.717, 1.165) is 18.4 Å². The van der Waals surface area contributed by atoms with Gasteiger partial charge in [0, 0.05) is 19.2 Å². The molecule has 15 heavy (non-hydrogen) atoms. The van der Waals surface area contributed by atoms with Gasteiger partial charge in [-0.3, -0.25) is 0 Å². The maximum Gasteiger partial charge on any atom is 0.0434 e. The molecular weight excluding hydrogens is 188 g/mol. The topological polar surface area (TPSA) is 35.5 Å². The average Bonchev–Trinajstić information content (AvgIpc) is 2.31. The summed E-state index contributed by atoms with van der Waals surface area (Å²) in [5.41, 5.74) is 0. The van der Waals surface area contributed by atoms with Gasteiger partial charge in [0.25, 0.3) is 0 Å². The molecule has 0 bridgehead atoms. The molecule has 0 aromatic heterocycles. The van der Waals surface area contributed by atoms with E-state index in [1.54, 1.807) is 0 Å². The highest BCUT2D eigenvalue weighted by Crippen LogP contribution is 2.23. The van der Waals surface area contributed by atoms with Crippen LogP contribution in [0, 0.1) is 5.92 Å². The van der Waals surface area contributed by atoms with Gasteiger partial charge >= 0.3 is 0 Å². The van der Waals surface area contributed by atoms with Gasteiger partial charge in [0.1, 0.15) is 0 Å². The minimum Gasteiger partial charge on any atom is -0.396 e. The summed E-state index contributed by atoms with van der Waals surface area (Å²) in [6, 6.07) is 0.813. The first-order valence-corrected chi connectivity index (χ1v) is 6.46. The third-order valence-corrected chi connectivity index (χ3v) is 3.91. The molecule has 2 saturated heterocycles. The summed E-state index contributed by atoms with van der Waals surface area (Å²) >= 11 is 0. The van der Waals surface area contributed by atoms with Crippen LogP contribution in [0.25, 0.3) is 0 Å². The third-order valence-electron chi connectivity index (χ3n) is 3.91. The van der Waals surface area contributed by atoms with Crippen molar-refractivity contribution in [3.63, 3.8) is 0 Å². The van der Waals surface area contributed by atoms with Gasteiger partial charge in [0.15, 0.2) is 0 Å². The summed E-state index contributed by atoms with van der Waals surface area (Å²) in [6.45, 7) is 5.25. The van der Waals surface area contributed by atoms with Crippen LogP contribution >= 0.6 is 0 Å². The van der Waals surface area contributed by atoms with Gasteiger partial charge in [-0.25, -0.2) is 0 Å². The Morgan fingerprint density at radius 3 is 2.73 bits per heavy atom. The molecule has 0 aliphatic carbocycles. The predicted octanol–water partition coefficient (Wildman–Crippen LogP) is 0.833. The molecule has 1 unspecified atom stereocenters. The second-order valence-electron chi connectivity index (χ2n) is 5.00. The van der Waals surface area contributed by atoms with E-state index in [4.69, 9.17) is 5.11 Å². The molecule has 0 amide bonds. The first-order valence-electron chi connectivity index (χ1n) is 6.46. The van der Waals surface area contributed by atoms with Crippen LogP contribution in [0.15, 0.2) is 0 Å². The Balaban J connectivity index is 1.80. The van der Waals surface area contributed by atoms with Gasteiger partial charge in [-0.2, -0.15) is 0 Å². The van der Waals surface area contributed by atoms with Crippen molar-refractivity contribution in [2.24, 2.45) is 5.92 Å². The lowest BCUT2D eigenvalue weighted by molar-refractivity contribution is 0.0910. The SMILES string of the molecule is OCCC1CCCN(C2CCNCC2)C1. The van der Waals surface area contributed by atoms with Crippen LogP contribution < -0.4 is 5.32 Å². The molecule has 88 valence electrons. The number of hydrogen-bond acceptors (Lipinski definition) is 3. The van der Waals surface area contributed by atoms with Crippen molar-refractivity contribution in [2.75, 3.05) is 32.8 Å². The van der Waals surface area contributed by atoms with Crippen molar-refractivity contribution in [3.05, 3.63) is 0 Å². The van der Waals surface area contributed by atoms with Crippen molar-refractivity contribution in [1.82, 2.24) is 10.2 Å². The molecule has 2 rings (SSSR count). The van der Waals surface area contributed by atoms with E-state index in [1.807, 2.05) is 0 Å². The fourth-order valence-electron chi connectivity index (χ4n) is 3.02. The quantitative estimate of drug-likeness (QED) is 0.727. The highest BCUT2D eigenvalue weighted by Gasteiger charge is 2.26. The van der Waals surface area contributed by atoms with Crippen molar-refractivity contribution in [1.29, 1.82) is 0 Å². The lowest BCUT2D eigenvalue weighted by Gasteiger charge is -2.40. The van der Waals surface area contributed by atoms with E-state index in [9.17, 15) is 0 Å². The Labute approximate surface area is 92.8 Å². The van der Waals surface area contributed by atoms with Gasteiger partial charge < -0.3 is 15.3 Å². The molecule has 3 heteroatoms. The Hall–Kier alpha value is -0.120. The van der Waals surface area contributed by atoms with Crippen molar-refractivity contribution in [3.8, 4) is 0 Å². The smallest absolute Gasteiger partial charge is 0.0434 e. The molecule has 2 heterocycles. The van der Waals surface area contributed by atoms with Gasteiger partial charge in [0.2, 0.25) is 0 Å². The standard InChI is InChI=1S/C12H24N2O/c15-9-5-11-2-1-8-14(10-11)12-3-6-13-7-4-12/h11-13,15H,1-10H2. The third kappa shape index (κ3) is 3.16. The van der Waals surface area contributed by atoms with Gasteiger partial charge in [-0.05, 0) is 57.7 Å². The zero-order valence-electron chi connectivity index (χ0n) is 9.62. The predicted molar refractivity (Wildman–Crippen MR) is 61.9 cm³/mol. The lowest BCUT2D eigenvalue weighted by atomic mass is 9.92. The average molecular weight is 212 g/mol. The zero-order valence-corrected chi connectivity index (χ0v) is 9.62. The number of aliphatic hydroxyl groups excluding tert-OH is 1. The molecular formula is C12H24N2O. The normalized spacial score (nSPS) is 30.6. The van der Waals surface area contributed by atoms with E-state index in [2.05, 4.69) is 10.2 Å². The van der Waals surface area contributed by atoms with Crippen LogP contribution in [0.2, 0.25) is 0 Å². The Bertz CT molecular complexity index is 178. The number of nitrogens with one attached hydrogen (secondary N) is 1. The molecule has 2 aliphatic rings. The van der Waals surface area contributed by atoms with E-state index in [-0.39, 0.29) is 0 Å². The first-order chi connectivity index (χ1) is 7.40. The van der Waals surface area contributed by atoms with Crippen LogP contribution in [0.3, 0.4) is 0 Å². The first kappa shape index (κ1) is 11.4. The summed E-state index contributed by atoms with van der Waals surface area (Å²) in [5, 5.41) is 12.4. The second kappa shape index (κ2) is 5.83. The minimum absolute atomic E-state index is 0.366. The number of piperidine rings is 2. The largest absolute Gasteiger partial charge is 0.396 e. The van der Waals surface area contributed by atoms with Crippen LogP contribution in [0.4, 0.5) is 0 Å². The Morgan fingerprint density at radius 2 is 2.00 bits per heavy atom. The van der Waals surface area contributed by atoms with Gasteiger partial charge in [-0.1, -0.05) is 0 Å². The summed E-state index contributed by atoms with van der Waals surface area (Å²) in [5.74, 6) is 0.749. The van der Waals surface area contributed by atoms with E-state index >= 15 is 0 Å². The second-order valence-corrected chi connectivity index (χ2v) is 5.00. The molecule has 1 atom stereocenters. The van der Waals surface area contributed by atoms with Crippen LogP contribution in [0.5, 0.6) is 0 Å². The molecule has 0 saturated carbocycles. The number of likely N-dealkylation sites (tertiary alicyclic amines) is 1. The fraction of sp³-hybridized carbons (Fsp3) is 1.00. The number of hydrogen-bond donors (Lipinski definition) is 2. The molecule has 0 aromatic rings. The lowest BCUT2D eigenvalue weighted by Crippen LogP contribution is -2.47. The molecule has 0 spiro atoms. The molecule has 0 aromatic carbocycles. The molecule has 2 aliphatic heterocycles. The summed E-state index contributed by atoms with van der Waals surface area (Å²) in [4.78, 5) is 2.67. The van der Waals surface area contributed by atoms with E-state index in [0.29, 0.717) is 6.61 Å². The monoisotopic (exact) mass is 212 g/mol. The van der Waals surface area contributed by atoms with Crippen LogP contribution in [-0.2, 0) is 0 Å². The van der Waals surface area contributed by atoms with Crippen LogP contribution in [0.1, 0.15) is 32.1 Å². The zero-order chi connectivity index (χ0) is 10.5. The van der Waals surface area contributed by atoms with E-state index in [1.165, 1.54) is 51.9 Å². The number of rotatable bonds is 3. The van der Waals surface area contributed by atoms with Gasteiger partial charge in [0.05, 0.1) is 0 Å². The van der Waals surface area contributed by atoms with Crippen molar-refractivity contribution in [2.45, 2.75) is 38.1 Å². The van der Waals surface area contributed by atoms with Crippen molar-refractivity contribution >= 4 is 0 Å². The van der Waals surface area contributed by atoms with Gasteiger partial charge in [-0.15, -0.1) is 0 Å². The highest BCUT2D eigenvalue weighted by molar-refractivity contribution is 4.82. The maximum absolute atomic E-state index is 8.99. The van der Waals surface area contributed by atoms with E-state index < -0.39 is 0 Å². The summed E-state index contributed by atoms with van der Waals surface area (Å²) < 4.78 is 0. The Kier molecular flexibility index (Phi) is 4.42. The summed E-state index contributed by atoms with van der Waals surface area (Å²) in [6.07, 6.45) is 6.27. The maximum atomic E-state index is 8.99. The Morgan fingerprint density at radius 1 is 1.20 bits per heavy atom. The molecule has 3 nitrogen and oxygen atoms in total. The molecule has 2 fully saturated rings. The van der Waals surface area contributed by atoms with Crippen LogP contribution in [-0.4, -0.2) is 48.8 Å². The number of aliphatic hydroxyl groups is 1. The molecule has 2 N–H and O–H groups in total.